The fraction of sp³-hybridized carbons (Fsp3) is 0.429. The highest BCUT2D eigenvalue weighted by molar-refractivity contribution is 9.10. The van der Waals surface area contributed by atoms with Crippen molar-refractivity contribution in [1.29, 1.82) is 0 Å². The molecule has 0 aliphatic rings. The molecule has 0 heterocycles. The van der Waals surface area contributed by atoms with Gasteiger partial charge in [0.1, 0.15) is 5.82 Å². The lowest BCUT2D eigenvalue weighted by Crippen LogP contribution is -1.85. The zero-order valence-electron chi connectivity index (χ0n) is 9.68. The van der Waals surface area contributed by atoms with Gasteiger partial charge >= 0.3 is 0 Å². The second-order valence-electron chi connectivity index (χ2n) is 3.91. The standard InChI is InChI=1S/C14H18BrF/c1-2-3-4-5-6-7-8-12-11-13(16)9-10-14(12)15/h6-7,9-11H,2-5,8H2,1H3. The Hall–Kier alpha value is -0.630. The van der Waals surface area contributed by atoms with Crippen LogP contribution in [0.25, 0.3) is 0 Å². The third-order valence-electron chi connectivity index (χ3n) is 2.49. The number of unbranched alkanes of at least 4 members (excludes halogenated alkanes) is 3. The zero-order chi connectivity index (χ0) is 11.8. The van der Waals surface area contributed by atoms with E-state index in [0.29, 0.717) is 0 Å². The summed E-state index contributed by atoms with van der Waals surface area (Å²) in [6.45, 7) is 2.20. The van der Waals surface area contributed by atoms with Crippen LogP contribution in [0, 0.1) is 5.82 Å². The Labute approximate surface area is 106 Å². The van der Waals surface area contributed by atoms with E-state index in [9.17, 15) is 4.39 Å². The highest BCUT2D eigenvalue weighted by Crippen LogP contribution is 2.18. The van der Waals surface area contributed by atoms with Crippen molar-refractivity contribution in [1.82, 2.24) is 0 Å². The largest absolute Gasteiger partial charge is 0.207 e. The molecule has 0 nitrogen and oxygen atoms in total. The van der Waals surface area contributed by atoms with Crippen molar-refractivity contribution >= 4 is 15.9 Å². The van der Waals surface area contributed by atoms with Gasteiger partial charge in [-0.2, -0.15) is 0 Å². The van der Waals surface area contributed by atoms with Gasteiger partial charge in [-0.1, -0.05) is 47.8 Å². The molecule has 16 heavy (non-hydrogen) atoms. The SMILES string of the molecule is CCCCCC=CCc1cc(F)ccc1Br. The molecule has 0 aliphatic heterocycles. The van der Waals surface area contributed by atoms with Gasteiger partial charge in [0, 0.05) is 4.47 Å². The summed E-state index contributed by atoms with van der Waals surface area (Å²) in [5.74, 6) is -0.169. The maximum Gasteiger partial charge on any atom is 0.123 e. The third-order valence-corrected chi connectivity index (χ3v) is 3.26. The van der Waals surface area contributed by atoms with Gasteiger partial charge in [-0.3, -0.25) is 0 Å². The Balaban J connectivity index is 2.39. The van der Waals surface area contributed by atoms with E-state index in [1.54, 1.807) is 12.1 Å². The van der Waals surface area contributed by atoms with E-state index >= 15 is 0 Å². The highest BCUT2D eigenvalue weighted by Gasteiger charge is 1.99. The van der Waals surface area contributed by atoms with E-state index in [0.717, 1.165) is 22.9 Å². The monoisotopic (exact) mass is 284 g/mol. The van der Waals surface area contributed by atoms with Crippen LogP contribution in [0.15, 0.2) is 34.8 Å². The minimum Gasteiger partial charge on any atom is -0.207 e. The first-order valence-corrected chi connectivity index (χ1v) is 6.62. The van der Waals surface area contributed by atoms with Crippen molar-refractivity contribution in [3.05, 3.63) is 46.2 Å². The molecule has 0 bridgehead atoms. The van der Waals surface area contributed by atoms with Crippen molar-refractivity contribution in [2.75, 3.05) is 0 Å². The summed E-state index contributed by atoms with van der Waals surface area (Å²) in [6, 6.07) is 4.81. The predicted molar refractivity (Wildman–Crippen MR) is 71.1 cm³/mol. The first kappa shape index (κ1) is 13.4. The molecular formula is C14H18BrF. The van der Waals surface area contributed by atoms with Crippen LogP contribution in [-0.4, -0.2) is 0 Å². The molecule has 0 radical (unpaired) electrons. The van der Waals surface area contributed by atoms with Crippen molar-refractivity contribution in [3.63, 3.8) is 0 Å². The smallest absolute Gasteiger partial charge is 0.123 e. The molecule has 2 heteroatoms. The van der Waals surface area contributed by atoms with Crippen molar-refractivity contribution in [2.24, 2.45) is 0 Å². The first-order valence-electron chi connectivity index (χ1n) is 5.83. The van der Waals surface area contributed by atoms with E-state index in [-0.39, 0.29) is 5.82 Å². The summed E-state index contributed by atoms with van der Waals surface area (Å²) < 4.78 is 14.0. The Kier molecular flexibility index (Phi) is 6.39. The number of hydrogen-bond acceptors (Lipinski definition) is 0. The zero-order valence-corrected chi connectivity index (χ0v) is 11.3. The summed E-state index contributed by atoms with van der Waals surface area (Å²) in [7, 11) is 0. The molecule has 0 unspecified atom stereocenters. The summed E-state index contributed by atoms with van der Waals surface area (Å²) in [6.07, 6.45) is 10.0. The molecular weight excluding hydrogens is 267 g/mol. The molecule has 1 aromatic carbocycles. The first-order chi connectivity index (χ1) is 7.74. The van der Waals surface area contributed by atoms with Crippen molar-refractivity contribution in [3.8, 4) is 0 Å². The molecule has 0 N–H and O–H groups in total. The average Bonchev–Trinajstić information content (AvgIpc) is 2.28. The molecule has 0 aliphatic carbocycles. The molecule has 0 aromatic heterocycles. The van der Waals surface area contributed by atoms with Gasteiger partial charge < -0.3 is 0 Å². The van der Waals surface area contributed by atoms with E-state index in [1.165, 1.54) is 25.3 Å². The van der Waals surface area contributed by atoms with E-state index < -0.39 is 0 Å². The second-order valence-corrected chi connectivity index (χ2v) is 4.76. The summed E-state index contributed by atoms with van der Waals surface area (Å²) >= 11 is 3.42. The van der Waals surface area contributed by atoms with Gasteiger partial charge in [0.25, 0.3) is 0 Å². The maximum absolute atomic E-state index is 13.0. The minimum atomic E-state index is -0.169. The number of rotatable bonds is 6. The maximum atomic E-state index is 13.0. The highest BCUT2D eigenvalue weighted by atomic mass is 79.9. The average molecular weight is 285 g/mol. The van der Waals surface area contributed by atoms with Crippen molar-refractivity contribution in [2.45, 2.75) is 39.0 Å². The molecule has 0 atom stereocenters. The molecule has 0 spiro atoms. The number of halogens is 2. The van der Waals surface area contributed by atoms with Crippen LogP contribution in [-0.2, 0) is 6.42 Å². The number of hydrogen-bond donors (Lipinski definition) is 0. The summed E-state index contributed by atoms with van der Waals surface area (Å²) in [5, 5.41) is 0. The minimum absolute atomic E-state index is 0.169. The van der Waals surface area contributed by atoms with Crippen LogP contribution in [0.4, 0.5) is 4.39 Å². The third kappa shape index (κ3) is 4.93. The predicted octanol–water partition coefficient (Wildman–Crippen LogP) is 5.27. The Bertz CT molecular complexity index is 345. The van der Waals surface area contributed by atoms with Gasteiger partial charge in [-0.05, 0) is 43.0 Å². The topological polar surface area (TPSA) is 0 Å². The van der Waals surface area contributed by atoms with Gasteiger partial charge in [-0.25, -0.2) is 4.39 Å². The van der Waals surface area contributed by atoms with Crippen LogP contribution in [0.5, 0.6) is 0 Å². The van der Waals surface area contributed by atoms with Crippen LogP contribution >= 0.6 is 15.9 Å². The van der Waals surface area contributed by atoms with Gasteiger partial charge in [0.2, 0.25) is 0 Å². The van der Waals surface area contributed by atoms with E-state index in [4.69, 9.17) is 0 Å². The van der Waals surface area contributed by atoms with Crippen LogP contribution in [0.3, 0.4) is 0 Å². The molecule has 0 fully saturated rings. The molecule has 0 saturated heterocycles. The lowest BCUT2D eigenvalue weighted by atomic mass is 10.1. The summed E-state index contributed by atoms with van der Waals surface area (Å²) in [4.78, 5) is 0. The van der Waals surface area contributed by atoms with Gasteiger partial charge in [0.15, 0.2) is 0 Å². The second kappa shape index (κ2) is 7.61. The van der Waals surface area contributed by atoms with E-state index in [2.05, 4.69) is 35.0 Å². The molecule has 0 amide bonds. The van der Waals surface area contributed by atoms with Gasteiger partial charge in [0.05, 0.1) is 0 Å². The lowest BCUT2D eigenvalue weighted by Gasteiger charge is -2.00. The molecule has 1 rings (SSSR count). The molecule has 0 saturated carbocycles. The fourth-order valence-electron chi connectivity index (χ4n) is 1.54. The number of allylic oxidation sites excluding steroid dienone is 2. The van der Waals surface area contributed by atoms with Crippen molar-refractivity contribution < 1.29 is 4.39 Å². The van der Waals surface area contributed by atoms with E-state index in [1.807, 2.05) is 0 Å². The summed E-state index contributed by atoms with van der Waals surface area (Å²) in [5.41, 5.74) is 1.01. The van der Waals surface area contributed by atoms with Gasteiger partial charge in [-0.15, -0.1) is 0 Å². The Morgan fingerprint density at radius 3 is 2.81 bits per heavy atom. The quantitative estimate of drug-likeness (QED) is 0.493. The molecule has 1 aromatic rings. The Morgan fingerprint density at radius 1 is 1.25 bits per heavy atom. The van der Waals surface area contributed by atoms with Crippen LogP contribution in [0.2, 0.25) is 0 Å². The lowest BCUT2D eigenvalue weighted by molar-refractivity contribution is 0.625. The van der Waals surface area contributed by atoms with Crippen LogP contribution < -0.4 is 0 Å². The number of benzene rings is 1. The molecule has 88 valence electrons. The Morgan fingerprint density at radius 2 is 2.06 bits per heavy atom. The van der Waals surface area contributed by atoms with Crippen LogP contribution in [0.1, 0.15) is 38.2 Å². The fourth-order valence-corrected chi connectivity index (χ4v) is 1.95. The normalized spacial score (nSPS) is 11.2.